The third kappa shape index (κ3) is 4.89. The molecule has 2 N–H and O–H groups in total. The maximum atomic E-state index is 10.6. The predicted molar refractivity (Wildman–Crippen MR) is 92.4 cm³/mol. The molecule has 0 atom stereocenters. The van der Waals surface area contributed by atoms with E-state index in [2.05, 4.69) is 15.8 Å². The molecule has 0 aliphatic heterocycles. The monoisotopic (exact) mass is 332 g/mol. The van der Waals surface area contributed by atoms with Gasteiger partial charge in [-0.2, -0.15) is 5.10 Å². The van der Waals surface area contributed by atoms with Gasteiger partial charge in [0.15, 0.2) is 5.11 Å². The maximum Gasteiger partial charge on any atom is 0.269 e. The van der Waals surface area contributed by atoms with Crippen molar-refractivity contribution in [3.63, 3.8) is 0 Å². The van der Waals surface area contributed by atoms with E-state index in [9.17, 15) is 10.1 Å². The summed E-state index contributed by atoms with van der Waals surface area (Å²) in [7, 11) is 0. The van der Waals surface area contributed by atoms with Crippen molar-refractivity contribution in [2.75, 3.05) is 0 Å². The molecule has 0 saturated carbocycles. The molecule has 0 bridgehead atoms. The first-order valence-electron chi connectivity index (χ1n) is 6.90. The van der Waals surface area contributed by atoms with Crippen LogP contribution in [0.3, 0.4) is 0 Å². The van der Waals surface area contributed by atoms with E-state index in [0.29, 0.717) is 16.6 Å². The second-order valence-corrected chi connectivity index (χ2v) is 5.41. The molecule has 1 heterocycles. The first kappa shape index (κ1) is 16.6. The van der Waals surface area contributed by atoms with Crippen LogP contribution in [0, 0.1) is 10.1 Å². The summed E-state index contributed by atoms with van der Waals surface area (Å²) in [5, 5.41) is 18.0. The number of hydrazone groups is 1. The van der Waals surface area contributed by atoms with E-state index in [1.807, 2.05) is 13.8 Å². The fraction of sp³-hybridized carbons (Fsp3) is 0.200. The van der Waals surface area contributed by atoms with E-state index in [1.165, 1.54) is 18.3 Å². The highest BCUT2D eigenvalue weighted by atomic mass is 32.1. The van der Waals surface area contributed by atoms with Crippen LogP contribution in [-0.2, 0) is 0 Å². The van der Waals surface area contributed by atoms with Crippen LogP contribution in [0.25, 0.3) is 11.3 Å². The van der Waals surface area contributed by atoms with E-state index in [4.69, 9.17) is 16.6 Å². The van der Waals surface area contributed by atoms with Gasteiger partial charge in [0.05, 0.1) is 11.1 Å². The average molecular weight is 332 g/mol. The fourth-order valence-electron chi connectivity index (χ4n) is 1.77. The Morgan fingerprint density at radius 1 is 1.30 bits per heavy atom. The van der Waals surface area contributed by atoms with Gasteiger partial charge in [0.1, 0.15) is 11.5 Å². The number of thiocarbonyl (C=S) groups is 1. The molecule has 0 saturated heterocycles. The Labute approximate surface area is 138 Å². The zero-order valence-corrected chi connectivity index (χ0v) is 13.5. The minimum Gasteiger partial charge on any atom is -0.455 e. The Balaban J connectivity index is 2.00. The number of nitro benzene ring substituents is 1. The van der Waals surface area contributed by atoms with Gasteiger partial charge in [-0.05, 0) is 50.3 Å². The zero-order chi connectivity index (χ0) is 16.8. The number of nitrogens with one attached hydrogen (secondary N) is 2. The number of hydrogen-bond acceptors (Lipinski definition) is 5. The Morgan fingerprint density at radius 2 is 2.00 bits per heavy atom. The van der Waals surface area contributed by atoms with Crippen molar-refractivity contribution in [2.24, 2.45) is 5.10 Å². The fourth-order valence-corrected chi connectivity index (χ4v) is 2.06. The normalized spacial score (nSPS) is 10.9. The summed E-state index contributed by atoms with van der Waals surface area (Å²) in [6, 6.07) is 9.89. The van der Waals surface area contributed by atoms with Crippen molar-refractivity contribution in [2.45, 2.75) is 19.9 Å². The highest BCUT2D eigenvalue weighted by Gasteiger charge is 2.07. The number of non-ortho nitro benzene ring substituents is 1. The number of nitro groups is 1. The average Bonchev–Trinajstić information content (AvgIpc) is 2.95. The third-order valence-electron chi connectivity index (χ3n) is 2.77. The van der Waals surface area contributed by atoms with E-state index in [-0.39, 0.29) is 11.7 Å². The number of nitrogens with zero attached hydrogens (tertiary/aromatic N) is 2. The number of benzene rings is 1. The van der Waals surface area contributed by atoms with Crippen molar-refractivity contribution in [3.8, 4) is 11.3 Å². The van der Waals surface area contributed by atoms with Gasteiger partial charge in [-0.25, -0.2) is 0 Å². The van der Waals surface area contributed by atoms with Crippen molar-refractivity contribution >= 4 is 29.2 Å². The molecule has 23 heavy (non-hydrogen) atoms. The lowest BCUT2D eigenvalue weighted by molar-refractivity contribution is -0.384. The molecule has 0 radical (unpaired) electrons. The summed E-state index contributed by atoms with van der Waals surface area (Å²) in [4.78, 5) is 10.2. The molecule has 120 valence electrons. The van der Waals surface area contributed by atoms with Crippen LogP contribution in [0.15, 0.2) is 45.9 Å². The van der Waals surface area contributed by atoms with Gasteiger partial charge in [0.25, 0.3) is 5.69 Å². The summed E-state index contributed by atoms with van der Waals surface area (Å²) in [5.74, 6) is 1.14. The van der Waals surface area contributed by atoms with E-state index >= 15 is 0 Å². The lowest BCUT2D eigenvalue weighted by atomic mass is 10.1. The molecule has 0 unspecified atom stereocenters. The third-order valence-corrected chi connectivity index (χ3v) is 2.98. The molecule has 8 heteroatoms. The van der Waals surface area contributed by atoms with Gasteiger partial charge >= 0.3 is 0 Å². The van der Waals surface area contributed by atoms with Crippen molar-refractivity contribution in [3.05, 3.63) is 52.3 Å². The van der Waals surface area contributed by atoms with Gasteiger partial charge in [0, 0.05) is 23.7 Å². The first-order chi connectivity index (χ1) is 11.0. The summed E-state index contributed by atoms with van der Waals surface area (Å²) in [6.07, 6.45) is 1.50. The molecule has 1 aromatic carbocycles. The molecular formula is C15H16N4O3S. The summed E-state index contributed by atoms with van der Waals surface area (Å²) < 4.78 is 5.61. The molecule has 0 aliphatic rings. The van der Waals surface area contributed by atoms with Crippen LogP contribution < -0.4 is 10.7 Å². The van der Waals surface area contributed by atoms with Crippen LogP contribution in [0.5, 0.6) is 0 Å². The maximum absolute atomic E-state index is 10.6. The van der Waals surface area contributed by atoms with Crippen LogP contribution in [0.2, 0.25) is 0 Å². The quantitative estimate of drug-likeness (QED) is 0.378. The van der Waals surface area contributed by atoms with Gasteiger partial charge in [0.2, 0.25) is 0 Å². The largest absolute Gasteiger partial charge is 0.455 e. The zero-order valence-electron chi connectivity index (χ0n) is 12.6. The second-order valence-electron chi connectivity index (χ2n) is 5.00. The van der Waals surface area contributed by atoms with Gasteiger partial charge in [-0.3, -0.25) is 15.5 Å². The highest BCUT2D eigenvalue weighted by molar-refractivity contribution is 7.80. The molecule has 7 nitrogen and oxygen atoms in total. The molecule has 0 amide bonds. The Hall–Kier alpha value is -2.74. The topological polar surface area (TPSA) is 92.7 Å². The first-order valence-corrected chi connectivity index (χ1v) is 7.31. The minimum atomic E-state index is -0.441. The molecule has 0 spiro atoms. The predicted octanol–water partition coefficient (Wildman–Crippen LogP) is 3.06. The van der Waals surface area contributed by atoms with E-state index in [1.54, 1.807) is 24.3 Å². The van der Waals surface area contributed by atoms with Crippen LogP contribution in [-0.4, -0.2) is 22.3 Å². The Bertz CT molecular complexity index is 723. The molecule has 0 fully saturated rings. The summed E-state index contributed by atoms with van der Waals surface area (Å²) in [5.41, 5.74) is 3.48. The number of hydrogen-bond donors (Lipinski definition) is 2. The Morgan fingerprint density at radius 3 is 2.61 bits per heavy atom. The van der Waals surface area contributed by atoms with Crippen LogP contribution in [0.1, 0.15) is 19.6 Å². The van der Waals surface area contributed by atoms with Crippen LogP contribution >= 0.6 is 12.2 Å². The molecule has 2 rings (SSSR count). The van der Waals surface area contributed by atoms with Crippen molar-refractivity contribution in [1.82, 2.24) is 10.7 Å². The minimum absolute atomic E-state index is 0.0393. The molecular weight excluding hydrogens is 316 g/mol. The van der Waals surface area contributed by atoms with Gasteiger partial charge < -0.3 is 9.73 Å². The molecule has 2 aromatic rings. The lowest BCUT2D eigenvalue weighted by Gasteiger charge is -2.08. The van der Waals surface area contributed by atoms with Crippen LogP contribution in [0.4, 0.5) is 5.69 Å². The summed E-state index contributed by atoms with van der Waals surface area (Å²) >= 11 is 5.04. The highest BCUT2D eigenvalue weighted by Crippen LogP contribution is 2.23. The lowest BCUT2D eigenvalue weighted by Crippen LogP contribution is -2.36. The SMILES string of the molecule is CC(C)NC(=S)NN=Cc1ccc(-c2ccc([N+](=O)[O-])cc2)o1. The molecule has 0 aliphatic carbocycles. The number of rotatable bonds is 5. The van der Waals surface area contributed by atoms with Gasteiger partial charge in [-0.1, -0.05) is 0 Å². The van der Waals surface area contributed by atoms with E-state index < -0.39 is 4.92 Å². The second kappa shape index (κ2) is 7.50. The number of furan rings is 1. The summed E-state index contributed by atoms with van der Waals surface area (Å²) in [6.45, 7) is 3.95. The smallest absolute Gasteiger partial charge is 0.269 e. The standard InChI is InChI=1S/C15H16N4O3S/c1-10(2)17-15(23)18-16-9-13-7-8-14(22-13)11-3-5-12(6-4-11)19(20)21/h3-10H,1-2H3,(H2,17,18,23). The van der Waals surface area contributed by atoms with E-state index in [0.717, 1.165) is 5.56 Å². The van der Waals surface area contributed by atoms with Crippen molar-refractivity contribution in [1.29, 1.82) is 0 Å². The molecule has 1 aromatic heterocycles. The Kier molecular flexibility index (Phi) is 5.42. The van der Waals surface area contributed by atoms with Gasteiger partial charge in [-0.15, -0.1) is 0 Å². The van der Waals surface area contributed by atoms with Crippen molar-refractivity contribution < 1.29 is 9.34 Å².